The molecule has 2 heterocycles. The normalized spacial score (nSPS) is 16.5. The van der Waals surface area contributed by atoms with Gasteiger partial charge in [0.15, 0.2) is 0 Å². The molecule has 0 spiro atoms. The second-order valence-corrected chi connectivity index (χ2v) is 7.15. The van der Waals surface area contributed by atoms with Gasteiger partial charge in [-0.3, -0.25) is 4.68 Å². The molecule has 0 radical (unpaired) electrons. The molecule has 1 N–H and O–H groups in total. The van der Waals surface area contributed by atoms with Crippen LogP contribution in [0.1, 0.15) is 35.2 Å². The molecule has 1 aromatic carbocycles. The molecule has 138 valence electrons. The summed E-state index contributed by atoms with van der Waals surface area (Å²) in [6, 6.07) is 8.72. The first-order valence-electron chi connectivity index (χ1n) is 8.56. The van der Waals surface area contributed by atoms with E-state index in [4.69, 9.17) is 16.3 Å². The van der Waals surface area contributed by atoms with E-state index in [1.165, 1.54) is 11.1 Å². The zero-order valence-electron chi connectivity index (χ0n) is 15.1. The van der Waals surface area contributed by atoms with Crippen LogP contribution in [0.2, 0.25) is 5.15 Å². The van der Waals surface area contributed by atoms with Gasteiger partial charge in [0.05, 0.1) is 5.69 Å². The van der Waals surface area contributed by atoms with Crippen LogP contribution in [0.3, 0.4) is 0 Å². The van der Waals surface area contributed by atoms with E-state index >= 15 is 0 Å². The van der Waals surface area contributed by atoms with Crippen molar-refractivity contribution in [3.63, 3.8) is 0 Å². The minimum absolute atomic E-state index is 0. The van der Waals surface area contributed by atoms with Gasteiger partial charge in [0, 0.05) is 44.3 Å². The highest BCUT2D eigenvalue weighted by atomic mass is 35.5. The topological polar surface area (TPSA) is 39.1 Å². The van der Waals surface area contributed by atoms with Crippen molar-refractivity contribution in [2.24, 2.45) is 7.05 Å². The molecule has 0 saturated carbocycles. The van der Waals surface area contributed by atoms with Gasteiger partial charge in [-0.2, -0.15) is 5.10 Å². The van der Waals surface area contributed by atoms with Crippen molar-refractivity contribution in [3.05, 3.63) is 51.8 Å². The average molecular weight is 384 g/mol. The van der Waals surface area contributed by atoms with Crippen molar-refractivity contribution in [2.75, 3.05) is 19.8 Å². The number of rotatable bonds is 5. The number of aryl methyl sites for hydroxylation is 3. The Hall–Kier alpha value is -1.07. The Labute approximate surface area is 161 Å². The maximum atomic E-state index is 6.35. The monoisotopic (exact) mass is 383 g/mol. The summed E-state index contributed by atoms with van der Waals surface area (Å²) in [4.78, 5) is 0. The molecule has 0 aliphatic carbocycles. The van der Waals surface area contributed by atoms with Crippen LogP contribution in [0.5, 0.6) is 0 Å². The van der Waals surface area contributed by atoms with E-state index < -0.39 is 0 Å². The van der Waals surface area contributed by atoms with E-state index in [2.05, 4.69) is 41.6 Å². The lowest BCUT2D eigenvalue weighted by Gasteiger charge is -2.39. The van der Waals surface area contributed by atoms with Gasteiger partial charge in [-0.15, -0.1) is 12.4 Å². The number of nitrogens with zero attached hydrogens (tertiary/aromatic N) is 2. The van der Waals surface area contributed by atoms with E-state index in [1.807, 2.05) is 14.0 Å². The van der Waals surface area contributed by atoms with Crippen LogP contribution in [0, 0.1) is 13.8 Å². The van der Waals surface area contributed by atoms with Crippen LogP contribution >= 0.6 is 24.0 Å². The summed E-state index contributed by atoms with van der Waals surface area (Å²) in [6.45, 7) is 7.52. The number of hydrogen-bond acceptors (Lipinski definition) is 3. The quantitative estimate of drug-likeness (QED) is 0.849. The standard InChI is InChI=1S/C19H26ClN3O.ClH/c1-14-6-4-5-7-17(14)19(8-10-24-11-9-19)13-21-12-16-15(2)22-23(3)18(16)20;/h4-7,21H,8-13H2,1-3H3;1H. The predicted molar refractivity (Wildman–Crippen MR) is 105 cm³/mol. The maximum Gasteiger partial charge on any atom is 0.131 e. The van der Waals surface area contributed by atoms with Gasteiger partial charge in [0.1, 0.15) is 5.15 Å². The largest absolute Gasteiger partial charge is 0.381 e. The molecular formula is C19H27Cl2N3O. The highest BCUT2D eigenvalue weighted by Crippen LogP contribution is 2.36. The second-order valence-electron chi connectivity index (χ2n) is 6.79. The lowest BCUT2D eigenvalue weighted by molar-refractivity contribution is 0.0495. The lowest BCUT2D eigenvalue weighted by atomic mass is 9.72. The molecule has 4 nitrogen and oxygen atoms in total. The van der Waals surface area contributed by atoms with E-state index in [0.29, 0.717) is 0 Å². The number of ether oxygens (including phenoxy) is 1. The third-order valence-corrected chi connectivity index (χ3v) is 5.67. The number of halogens is 2. The molecule has 1 aromatic heterocycles. The molecule has 0 unspecified atom stereocenters. The predicted octanol–water partition coefficient (Wildman–Crippen LogP) is 3.95. The van der Waals surface area contributed by atoms with Crippen LogP contribution in [-0.4, -0.2) is 29.5 Å². The molecule has 1 aliphatic rings. The molecule has 2 aromatic rings. The first-order chi connectivity index (χ1) is 11.5. The van der Waals surface area contributed by atoms with E-state index in [0.717, 1.165) is 55.6 Å². The zero-order chi connectivity index (χ0) is 17.2. The summed E-state index contributed by atoms with van der Waals surface area (Å²) >= 11 is 6.35. The van der Waals surface area contributed by atoms with Gasteiger partial charge in [0.25, 0.3) is 0 Å². The Morgan fingerprint density at radius 3 is 2.52 bits per heavy atom. The Kier molecular flexibility index (Phi) is 6.92. The summed E-state index contributed by atoms with van der Waals surface area (Å²) in [5.74, 6) is 0. The van der Waals surface area contributed by atoms with Gasteiger partial charge in [-0.25, -0.2) is 0 Å². The van der Waals surface area contributed by atoms with Gasteiger partial charge in [0.2, 0.25) is 0 Å². The Balaban J connectivity index is 0.00000225. The van der Waals surface area contributed by atoms with Crippen LogP contribution in [-0.2, 0) is 23.7 Å². The molecule has 0 atom stereocenters. The molecule has 0 bridgehead atoms. The Bertz CT molecular complexity index is 709. The van der Waals surface area contributed by atoms with Crippen LogP contribution in [0.4, 0.5) is 0 Å². The number of aromatic nitrogens is 2. The van der Waals surface area contributed by atoms with Gasteiger partial charge < -0.3 is 10.1 Å². The SMILES string of the molecule is Cc1ccccc1C1(CNCc2c(C)nn(C)c2Cl)CCOCC1.Cl. The minimum atomic E-state index is 0. The summed E-state index contributed by atoms with van der Waals surface area (Å²) in [5, 5.41) is 8.75. The molecule has 25 heavy (non-hydrogen) atoms. The fourth-order valence-corrected chi connectivity index (χ4v) is 4.01. The number of hydrogen-bond donors (Lipinski definition) is 1. The lowest BCUT2D eigenvalue weighted by Crippen LogP contribution is -2.43. The molecule has 1 saturated heterocycles. The summed E-state index contributed by atoms with van der Waals surface area (Å²) < 4.78 is 7.37. The van der Waals surface area contributed by atoms with E-state index in [-0.39, 0.29) is 17.8 Å². The van der Waals surface area contributed by atoms with Crippen molar-refractivity contribution >= 4 is 24.0 Å². The van der Waals surface area contributed by atoms with Crippen molar-refractivity contribution in [3.8, 4) is 0 Å². The van der Waals surface area contributed by atoms with Crippen molar-refractivity contribution in [1.82, 2.24) is 15.1 Å². The van der Waals surface area contributed by atoms with Crippen molar-refractivity contribution < 1.29 is 4.74 Å². The van der Waals surface area contributed by atoms with Gasteiger partial charge in [-0.1, -0.05) is 35.9 Å². The third-order valence-electron chi connectivity index (χ3n) is 5.20. The molecule has 6 heteroatoms. The van der Waals surface area contributed by atoms with Crippen LogP contribution in [0.15, 0.2) is 24.3 Å². The molecule has 1 aliphatic heterocycles. The summed E-state index contributed by atoms with van der Waals surface area (Å²) in [5.41, 5.74) is 5.01. The zero-order valence-corrected chi connectivity index (χ0v) is 16.7. The smallest absolute Gasteiger partial charge is 0.131 e. The van der Waals surface area contributed by atoms with Gasteiger partial charge in [-0.05, 0) is 37.8 Å². The second kappa shape index (κ2) is 8.54. The van der Waals surface area contributed by atoms with E-state index in [1.54, 1.807) is 4.68 Å². The first-order valence-corrected chi connectivity index (χ1v) is 8.94. The van der Waals surface area contributed by atoms with Crippen molar-refractivity contribution in [2.45, 2.75) is 38.6 Å². The highest BCUT2D eigenvalue weighted by Gasteiger charge is 2.35. The summed E-state index contributed by atoms with van der Waals surface area (Å²) in [6.07, 6.45) is 2.09. The first kappa shape index (κ1) is 20.2. The minimum Gasteiger partial charge on any atom is -0.381 e. The highest BCUT2D eigenvalue weighted by molar-refractivity contribution is 6.30. The maximum absolute atomic E-state index is 6.35. The van der Waals surface area contributed by atoms with E-state index in [9.17, 15) is 0 Å². The summed E-state index contributed by atoms with van der Waals surface area (Å²) in [7, 11) is 1.88. The Morgan fingerprint density at radius 1 is 1.24 bits per heavy atom. The molecular weight excluding hydrogens is 357 g/mol. The number of nitrogens with one attached hydrogen (secondary N) is 1. The van der Waals surface area contributed by atoms with Gasteiger partial charge >= 0.3 is 0 Å². The number of benzene rings is 1. The van der Waals surface area contributed by atoms with Crippen molar-refractivity contribution in [1.29, 1.82) is 0 Å². The van der Waals surface area contributed by atoms with Crippen LogP contribution < -0.4 is 5.32 Å². The Morgan fingerprint density at radius 2 is 1.92 bits per heavy atom. The molecule has 0 amide bonds. The van der Waals surface area contributed by atoms with Crippen LogP contribution in [0.25, 0.3) is 0 Å². The fraction of sp³-hybridized carbons (Fsp3) is 0.526. The average Bonchev–Trinajstić information content (AvgIpc) is 2.82. The fourth-order valence-electron chi connectivity index (χ4n) is 3.77. The molecule has 3 rings (SSSR count). The molecule has 1 fully saturated rings. The third kappa shape index (κ3) is 4.20.